The van der Waals surface area contributed by atoms with Crippen LogP contribution in [0.4, 0.5) is 10.5 Å². The third-order valence-corrected chi connectivity index (χ3v) is 5.38. The molecule has 0 aromatic heterocycles. The number of benzene rings is 1. The molecule has 2 bridgehead atoms. The van der Waals surface area contributed by atoms with Crippen molar-refractivity contribution in [2.24, 2.45) is 5.92 Å². The third kappa shape index (κ3) is 2.01. The third-order valence-electron chi connectivity index (χ3n) is 5.38. The van der Waals surface area contributed by atoms with Crippen LogP contribution in [0.15, 0.2) is 30.5 Å². The van der Waals surface area contributed by atoms with Crippen LogP contribution < -0.4 is 9.80 Å². The molecule has 1 aromatic carbocycles. The number of hydrogen-bond donors (Lipinski definition) is 1. The molecule has 0 spiro atoms. The van der Waals surface area contributed by atoms with E-state index in [0.717, 1.165) is 17.8 Å². The van der Waals surface area contributed by atoms with Gasteiger partial charge in [0.15, 0.2) is 5.69 Å². The summed E-state index contributed by atoms with van der Waals surface area (Å²) >= 11 is 0. The van der Waals surface area contributed by atoms with Crippen molar-refractivity contribution in [2.45, 2.75) is 18.9 Å². The molecule has 21 heavy (non-hydrogen) atoms. The molecule has 2 atom stereocenters. The standard InChI is InChI=1S/C17H21N3O/c1-20(11-8-14-4-2-3-5-16(14)20)17(21)18-15-12-19-9-6-13(15)7-10-19/h2-5,8,11,13,15H,6-7,9-10,12H2,1H3/p+1/t15-,20?/m0/s1. The van der Waals surface area contributed by atoms with Crippen molar-refractivity contribution in [1.82, 2.24) is 14.7 Å². The molecule has 110 valence electrons. The first-order chi connectivity index (χ1) is 10.2. The molecule has 3 fully saturated rings. The van der Waals surface area contributed by atoms with Crippen LogP contribution in [0, 0.1) is 5.92 Å². The average molecular weight is 284 g/mol. The lowest BCUT2D eigenvalue weighted by Gasteiger charge is -2.45. The smallest absolute Gasteiger partial charge is 0.301 e. The minimum atomic E-state index is 0.0925. The first-order valence-corrected chi connectivity index (χ1v) is 7.85. The molecule has 1 aromatic rings. The summed E-state index contributed by atoms with van der Waals surface area (Å²) in [6.45, 7) is 3.42. The lowest BCUT2D eigenvalue weighted by Crippen LogP contribution is -2.61. The van der Waals surface area contributed by atoms with Gasteiger partial charge < -0.3 is 10.2 Å². The number of rotatable bonds is 1. The Kier molecular flexibility index (Phi) is 2.91. The molecule has 4 heteroatoms. The van der Waals surface area contributed by atoms with Gasteiger partial charge in [-0.25, -0.2) is 4.79 Å². The quantitative estimate of drug-likeness (QED) is 0.803. The van der Waals surface area contributed by atoms with Crippen LogP contribution in [0.2, 0.25) is 0 Å². The summed E-state index contributed by atoms with van der Waals surface area (Å²) in [5.74, 6) is 0.660. The Hall–Kier alpha value is -1.65. The van der Waals surface area contributed by atoms with Gasteiger partial charge in [0.1, 0.15) is 6.20 Å². The lowest BCUT2D eigenvalue weighted by molar-refractivity contribution is 0.0750. The summed E-state index contributed by atoms with van der Waals surface area (Å²) in [4.78, 5) is 15.3. The van der Waals surface area contributed by atoms with Gasteiger partial charge in [0.05, 0.1) is 7.05 Å². The molecule has 4 nitrogen and oxygen atoms in total. The number of carbonyl (C=O) groups is 1. The Morgan fingerprint density at radius 3 is 2.76 bits per heavy atom. The second kappa shape index (κ2) is 4.68. The van der Waals surface area contributed by atoms with Crippen LogP contribution in [-0.2, 0) is 0 Å². The summed E-state index contributed by atoms with van der Waals surface area (Å²) in [5.41, 5.74) is 2.21. The number of quaternary nitrogens is 1. The maximum atomic E-state index is 12.9. The minimum absolute atomic E-state index is 0.0925. The van der Waals surface area contributed by atoms with E-state index in [1.165, 1.54) is 25.9 Å². The molecule has 1 N–H and O–H groups in total. The van der Waals surface area contributed by atoms with Gasteiger partial charge in [-0.3, -0.25) is 0 Å². The van der Waals surface area contributed by atoms with Crippen LogP contribution in [-0.4, -0.2) is 43.7 Å². The molecular formula is C17H22N3O+. The van der Waals surface area contributed by atoms with Gasteiger partial charge >= 0.3 is 6.03 Å². The number of urea groups is 1. The van der Waals surface area contributed by atoms with Gasteiger partial charge in [0.2, 0.25) is 0 Å². The number of amides is 2. The summed E-state index contributed by atoms with van der Waals surface area (Å²) < 4.78 is 0.236. The average Bonchev–Trinajstić information content (AvgIpc) is 2.88. The van der Waals surface area contributed by atoms with Gasteiger partial charge in [-0.2, -0.15) is 4.48 Å². The summed E-state index contributed by atoms with van der Waals surface area (Å²) in [6, 6.07) is 8.54. The fourth-order valence-electron chi connectivity index (χ4n) is 3.96. The van der Waals surface area contributed by atoms with Gasteiger partial charge in [-0.15, -0.1) is 0 Å². The highest BCUT2D eigenvalue weighted by molar-refractivity contribution is 5.94. The van der Waals surface area contributed by atoms with Crippen molar-refractivity contribution in [3.63, 3.8) is 0 Å². The van der Waals surface area contributed by atoms with Crippen molar-refractivity contribution < 1.29 is 4.79 Å². The van der Waals surface area contributed by atoms with E-state index >= 15 is 0 Å². The number of carbonyl (C=O) groups excluding carboxylic acids is 1. The van der Waals surface area contributed by atoms with E-state index in [0.29, 0.717) is 12.0 Å². The summed E-state index contributed by atoms with van der Waals surface area (Å²) in [5, 5.41) is 3.31. The van der Waals surface area contributed by atoms with E-state index in [-0.39, 0.29) is 10.5 Å². The predicted octanol–water partition coefficient (Wildman–Crippen LogP) is 2.41. The summed E-state index contributed by atoms with van der Waals surface area (Å²) in [7, 11) is 1.97. The zero-order chi connectivity index (χ0) is 14.4. The van der Waals surface area contributed by atoms with Crippen molar-refractivity contribution >= 4 is 17.8 Å². The molecule has 0 aliphatic carbocycles. The van der Waals surface area contributed by atoms with Gasteiger partial charge in [-0.1, -0.05) is 12.1 Å². The molecule has 5 rings (SSSR count). The fourth-order valence-corrected chi connectivity index (χ4v) is 3.96. The maximum absolute atomic E-state index is 12.9. The second-order valence-corrected chi connectivity index (χ2v) is 6.64. The highest BCUT2D eigenvalue weighted by atomic mass is 16.2. The Morgan fingerprint density at radius 2 is 2.05 bits per heavy atom. The number of piperidine rings is 3. The van der Waals surface area contributed by atoms with Gasteiger partial charge in [0.25, 0.3) is 0 Å². The van der Waals surface area contributed by atoms with Crippen LogP contribution in [0.25, 0.3) is 6.08 Å². The van der Waals surface area contributed by atoms with Crippen LogP contribution in [0.3, 0.4) is 0 Å². The van der Waals surface area contributed by atoms with E-state index in [2.05, 4.69) is 16.3 Å². The highest BCUT2D eigenvalue weighted by Gasteiger charge is 2.42. The van der Waals surface area contributed by atoms with Gasteiger partial charge in [-0.05, 0) is 37.9 Å². The second-order valence-electron chi connectivity index (χ2n) is 6.64. The maximum Gasteiger partial charge on any atom is 0.426 e. The molecule has 0 saturated carbocycles. The molecule has 1 unspecified atom stereocenters. The first-order valence-electron chi connectivity index (χ1n) is 7.85. The molecule has 4 heterocycles. The van der Waals surface area contributed by atoms with Crippen molar-refractivity contribution in [2.75, 3.05) is 26.7 Å². The Balaban J connectivity index is 1.55. The molecule has 2 amide bonds. The largest absolute Gasteiger partial charge is 0.426 e. The Labute approximate surface area is 125 Å². The normalized spacial score (nSPS) is 36.5. The van der Waals surface area contributed by atoms with Gasteiger partial charge in [0, 0.05) is 30.3 Å². The Bertz CT molecular complexity index is 604. The SMILES string of the molecule is C[N+]1(C(=O)N[C@H]2CN3CCC2CC3)C=Cc2ccccc21. The predicted molar refractivity (Wildman–Crippen MR) is 84.7 cm³/mol. The molecule has 3 saturated heterocycles. The molecule has 4 aliphatic heterocycles. The van der Waals surface area contributed by atoms with E-state index in [1.54, 1.807) is 0 Å². The van der Waals surface area contributed by atoms with E-state index in [9.17, 15) is 4.79 Å². The highest BCUT2D eigenvalue weighted by Crippen LogP contribution is 2.34. The van der Waals surface area contributed by atoms with E-state index in [4.69, 9.17) is 0 Å². The van der Waals surface area contributed by atoms with Crippen molar-refractivity contribution in [3.8, 4) is 0 Å². The lowest BCUT2D eigenvalue weighted by atomic mass is 9.84. The van der Waals surface area contributed by atoms with Crippen LogP contribution >= 0.6 is 0 Å². The van der Waals surface area contributed by atoms with E-state index in [1.807, 2.05) is 37.5 Å². The zero-order valence-corrected chi connectivity index (χ0v) is 12.5. The minimum Gasteiger partial charge on any atom is -0.301 e. The van der Waals surface area contributed by atoms with Crippen molar-refractivity contribution in [3.05, 3.63) is 36.0 Å². The molecule has 4 aliphatic rings. The van der Waals surface area contributed by atoms with E-state index < -0.39 is 0 Å². The zero-order valence-electron chi connectivity index (χ0n) is 12.5. The van der Waals surface area contributed by atoms with Crippen LogP contribution in [0.5, 0.6) is 0 Å². The fraction of sp³-hybridized carbons (Fsp3) is 0.471. The monoisotopic (exact) mass is 284 g/mol. The van der Waals surface area contributed by atoms with Crippen molar-refractivity contribution in [1.29, 1.82) is 0 Å². The number of fused-ring (bicyclic) bond motifs is 4. The number of nitrogens with zero attached hydrogens (tertiary/aromatic N) is 2. The first kappa shape index (κ1) is 13.0. The molecular weight excluding hydrogens is 262 g/mol. The van der Waals surface area contributed by atoms with Crippen LogP contribution in [0.1, 0.15) is 18.4 Å². The number of hydrogen-bond acceptors (Lipinski definition) is 2. The topological polar surface area (TPSA) is 32.3 Å². The number of para-hydroxylation sites is 1. The number of nitrogens with one attached hydrogen (secondary N) is 1. The Morgan fingerprint density at radius 1 is 1.29 bits per heavy atom. The molecule has 0 radical (unpaired) electrons. The summed E-state index contributed by atoms with van der Waals surface area (Å²) in [6.07, 6.45) is 6.48.